The standard InChI is InChI=1S/C19H21N5O2S/c1-16-4-6-17(7-5-16)10-15-27(25,26)21-12-11-20-18-8-9-19(23-22-18)24-13-2-3-14-24/h2-10,13-15,21H,11-12H2,1H3,(H,20,22)/b15-10+. The van der Waals surface area contributed by atoms with Crippen LogP contribution in [0.3, 0.4) is 0 Å². The van der Waals surface area contributed by atoms with Gasteiger partial charge >= 0.3 is 0 Å². The molecule has 2 heterocycles. The van der Waals surface area contributed by atoms with Crippen molar-refractivity contribution >= 4 is 21.9 Å². The lowest BCUT2D eigenvalue weighted by molar-refractivity contribution is 0.592. The van der Waals surface area contributed by atoms with Crippen LogP contribution in [0.15, 0.2) is 66.3 Å². The van der Waals surface area contributed by atoms with Crippen LogP contribution in [0, 0.1) is 6.92 Å². The van der Waals surface area contributed by atoms with E-state index in [0.717, 1.165) is 11.1 Å². The topological polar surface area (TPSA) is 88.9 Å². The number of nitrogens with one attached hydrogen (secondary N) is 2. The molecule has 0 saturated heterocycles. The summed E-state index contributed by atoms with van der Waals surface area (Å²) in [4.78, 5) is 0. The second-order valence-electron chi connectivity index (χ2n) is 5.95. The number of aromatic nitrogens is 3. The van der Waals surface area contributed by atoms with E-state index in [2.05, 4.69) is 20.2 Å². The molecule has 0 unspecified atom stereocenters. The Kier molecular flexibility index (Phi) is 6.00. The molecule has 0 bridgehead atoms. The third-order valence-electron chi connectivity index (χ3n) is 3.77. The van der Waals surface area contributed by atoms with Gasteiger partial charge in [-0.05, 0) is 42.8 Å². The fraction of sp³-hybridized carbons (Fsp3) is 0.158. The third kappa shape index (κ3) is 5.77. The van der Waals surface area contributed by atoms with Gasteiger partial charge in [0.25, 0.3) is 0 Å². The van der Waals surface area contributed by atoms with Crippen molar-refractivity contribution in [2.75, 3.05) is 18.4 Å². The quantitative estimate of drug-likeness (QED) is 0.584. The van der Waals surface area contributed by atoms with Gasteiger partial charge < -0.3 is 9.88 Å². The average Bonchev–Trinajstić information content (AvgIpc) is 3.20. The summed E-state index contributed by atoms with van der Waals surface area (Å²) in [5.41, 5.74) is 1.96. The van der Waals surface area contributed by atoms with Crippen LogP contribution in [-0.2, 0) is 10.0 Å². The van der Waals surface area contributed by atoms with Gasteiger partial charge in [0.1, 0.15) is 5.82 Å². The van der Waals surface area contributed by atoms with Crippen LogP contribution in [-0.4, -0.2) is 36.3 Å². The van der Waals surface area contributed by atoms with Crippen molar-refractivity contribution in [1.29, 1.82) is 0 Å². The van der Waals surface area contributed by atoms with Gasteiger partial charge in [-0.3, -0.25) is 0 Å². The van der Waals surface area contributed by atoms with E-state index in [4.69, 9.17) is 0 Å². The number of benzene rings is 1. The SMILES string of the molecule is Cc1ccc(/C=C/S(=O)(=O)NCCNc2ccc(-n3cccc3)nn2)cc1. The van der Waals surface area contributed by atoms with Crippen molar-refractivity contribution in [3.63, 3.8) is 0 Å². The summed E-state index contributed by atoms with van der Waals surface area (Å²) in [5, 5.41) is 12.4. The number of hydrogen-bond donors (Lipinski definition) is 2. The minimum atomic E-state index is -3.49. The zero-order chi connectivity index (χ0) is 19.1. The molecule has 0 saturated carbocycles. The summed E-state index contributed by atoms with van der Waals surface area (Å²) >= 11 is 0. The van der Waals surface area contributed by atoms with E-state index in [1.165, 1.54) is 5.41 Å². The molecule has 0 amide bonds. The van der Waals surface area contributed by atoms with Gasteiger partial charge in [-0.15, -0.1) is 10.2 Å². The molecule has 2 aromatic heterocycles. The fourth-order valence-electron chi connectivity index (χ4n) is 2.32. The predicted molar refractivity (Wildman–Crippen MR) is 107 cm³/mol. The molecule has 140 valence electrons. The highest BCUT2D eigenvalue weighted by Crippen LogP contribution is 2.07. The Balaban J connectivity index is 1.45. The fourth-order valence-corrected chi connectivity index (χ4v) is 3.14. The molecule has 8 heteroatoms. The predicted octanol–water partition coefficient (Wildman–Crippen LogP) is 2.58. The molecule has 0 fully saturated rings. The first-order valence-corrected chi connectivity index (χ1v) is 10.0. The Morgan fingerprint density at radius 1 is 1.00 bits per heavy atom. The maximum atomic E-state index is 12.0. The van der Waals surface area contributed by atoms with Crippen molar-refractivity contribution in [3.05, 3.63) is 77.5 Å². The Hall–Kier alpha value is -2.97. The van der Waals surface area contributed by atoms with E-state index in [9.17, 15) is 8.42 Å². The lowest BCUT2D eigenvalue weighted by Crippen LogP contribution is -2.27. The third-order valence-corrected chi connectivity index (χ3v) is 4.87. The van der Waals surface area contributed by atoms with Crippen LogP contribution in [0.4, 0.5) is 5.82 Å². The highest BCUT2D eigenvalue weighted by Gasteiger charge is 2.04. The summed E-state index contributed by atoms with van der Waals surface area (Å²) in [7, 11) is -3.49. The first-order chi connectivity index (χ1) is 13.0. The van der Waals surface area contributed by atoms with Crippen molar-refractivity contribution in [2.24, 2.45) is 0 Å². The minimum absolute atomic E-state index is 0.238. The van der Waals surface area contributed by atoms with Crippen LogP contribution in [0.25, 0.3) is 11.9 Å². The number of anilines is 1. The molecule has 27 heavy (non-hydrogen) atoms. The zero-order valence-corrected chi connectivity index (χ0v) is 15.7. The zero-order valence-electron chi connectivity index (χ0n) is 14.9. The molecule has 0 aliphatic heterocycles. The highest BCUT2D eigenvalue weighted by molar-refractivity contribution is 7.92. The van der Waals surface area contributed by atoms with E-state index in [0.29, 0.717) is 18.2 Å². The van der Waals surface area contributed by atoms with Crippen LogP contribution >= 0.6 is 0 Å². The summed E-state index contributed by atoms with van der Waals surface area (Å²) in [5.74, 6) is 1.30. The second kappa shape index (κ2) is 8.61. The Morgan fingerprint density at radius 2 is 1.74 bits per heavy atom. The van der Waals surface area contributed by atoms with Gasteiger partial charge in [0.2, 0.25) is 10.0 Å². The monoisotopic (exact) mass is 383 g/mol. The van der Waals surface area contributed by atoms with E-state index >= 15 is 0 Å². The number of sulfonamides is 1. The maximum absolute atomic E-state index is 12.0. The minimum Gasteiger partial charge on any atom is -0.367 e. The summed E-state index contributed by atoms with van der Waals surface area (Å²) in [6.45, 7) is 2.62. The largest absolute Gasteiger partial charge is 0.367 e. The van der Waals surface area contributed by atoms with Crippen LogP contribution in [0.2, 0.25) is 0 Å². The van der Waals surface area contributed by atoms with Crippen molar-refractivity contribution in [3.8, 4) is 5.82 Å². The normalized spacial score (nSPS) is 11.7. The van der Waals surface area contributed by atoms with E-state index < -0.39 is 10.0 Å². The van der Waals surface area contributed by atoms with E-state index in [1.807, 2.05) is 66.3 Å². The van der Waals surface area contributed by atoms with E-state index in [-0.39, 0.29) is 6.54 Å². The molecule has 0 atom stereocenters. The molecule has 3 aromatic rings. The Labute approximate surface area is 158 Å². The molecule has 2 N–H and O–H groups in total. The lowest BCUT2D eigenvalue weighted by atomic mass is 10.2. The first kappa shape index (κ1) is 18.8. The maximum Gasteiger partial charge on any atom is 0.233 e. The summed E-state index contributed by atoms with van der Waals surface area (Å²) in [6.07, 6.45) is 5.34. The van der Waals surface area contributed by atoms with Gasteiger partial charge in [-0.25, -0.2) is 13.1 Å². The highest BCUT2D eigenvalue weighted by atomic mass is 32.2. The molecular formula is C19H21N5O2S. The first-order valence-electron chi connectivity index (χ1n) is 8.47. The lowest BCUT2D eigenvalue weighted by Gasteiger charge is -2.07. The molecule has 3 rings (SSSR count). The second-order valence-corrected chi connectivity index (χ2v) is 7.60. The van der Waals surface area contributed by atoms with E-state index in [1.54, 1.807) is 12.1 Å². The Bertz CT molecular complexity index is 980. The smallest absolute Gasteiger partial charge is 0.233 e. The number of hydrogen-bond acceptors (Lipinski definition) is 5. The Morgan fingerprint density at radius 3 is 2.41 bits per heavy atom. The van der Waals surface area contributed by atoms with Gasteiger partial charge in [0.05, 0.1) is 0 Å². The van der Waals surface area contributed by atoms with Crippen LogP contribution in [0.5, 0.6) is 0 Å². The van der Waals surface area contributed by atoms with Crippen molar-refractivity contribution < 1.29 is 8.42 Å². The van der Waals surface area contributed by atoms with Gasteiger partial charge in [-0.1, -0.05) is 29.8 Å². The van der Waals surface area contributed by atoms with Gasteiger partial charge in [-0.2, -0.15) is 0 Å². The number of aryl methyl sites for hydroxylation is 1. The molecular weight excluding hydrogens is 362 g/mol. The van der Waals surface area contributed by atoms with Crippen molar-refractivity contribution in [2.45, 2.75) is 6.92 Å². The summed E-state index contributed by atoms with van der Waals surface area (Å²) < 4.78 is 28.4. The average molecular weight is 383 g/mol. The van der Waals surface area contributed by atoms with Gasteiger partial charge in [0, 0.05) is 30.9 Å². The molecule has 0 radical (unpaired) electrons. The van der Waals surface area contributed by atoms with Crippen molar-refractivity contribution in [1.82, 2.24) is 19.5 Å². The number of rotatable bonds is 8. The van der Waals surface area contributed by atoms with Gasteiger partial charge in [0.15, 0.2) is 5.82 Å². The molecule has 7 nitrogen and oxygen atoms in total. The molecule has 0 spiro atoms. The molecule has 0 aliphatic rings. The summed E-state index contributed by atoms with van der Waals surface area (Å²) in [6, 6.07) is 15.1. The molecule has 0 aliphatic carbocycles. The molecule has 1 aromatic carbocycles. The number of nitrogens with zero attached hydrogens (tertiary/aromatic N) is 3. The van der Waals surface area contributed by atoms with Crippen LogP contribution in [0.1, 0.15) is 11.1 Å². The van der Waals surface area contributed by atoms with Crippen LogP contribution < -0.4 is 10.0 Å².